The van der Waals surface area contributed by atoms with Gasteiger partial charge in [-0.3, -0.25) is 0 Å². The van der Waals surface area contributed by atoms with Gasteiger partial charge >= 0.3 is 0 Å². The second kappa shape index (κ2) is 5.23. The summed E-state index contributed by atoms with van der Waals surface area (Å²) < 4.78 is 5.47. The van der Waals surface area contributed by atoms with Gasteiger partial charge < -0.3 is 14.7 Å². The topological polar surface area (TPSA) is 58.5 Å². The first-order valence-electron chi connectivity index (χ1n) is 6.70. The summed E-state index contributed by atoms with van der Waals surface area (Å²) in [5, 5.41) is 9.76. The summed E-state index contributed by atoms with van der Waals surface area (Å²) in [5.74, 6) is 2.23. The van der Waals surface area contributed by atoms with Gasteiger partial charge in [0.05, 0.1) is 19.3 Å². The normalized spacial score (nSPS) is 23.7. The maximum atomic E-state index is 9.22. The molecule has 1 aliphatic carbocycles. The molecule has 1 saturated carbocycles. The number of morpholine rings is 1. The summed E-state index contributed by atoms with van der Waals surface area (Å²) >= 11 is 6.22. The van der Waals surface area contributed by atoms with Gasteiger partial charge in [0.15, 0.2) is 0 Å². The van der Waals surface area contributed by atoms with E-state index in [4.69, 9.17) is 16.3 Å². The van der Waals surface area contributed by atoms with Crippen LogP contribution in [0.2, 0.25) is 5.15 Å². The van der Waals surface area contributed by atoms with E-state index >= 15 is 0 Å². The molecule has 6 heteroatoms. The minimum atomic E-state index is -0.147. The van der Waals surface area contributed by atoms with Crippen LogP contribution in [-0.2, 0) is 4.74 Å². The quantitative estimate of drug-likeness (QED) is 0.852. The Kier molecular flexibility index (Phi) is 3.60. The fraction of sp³-hybridized carbons (Fsp3) is 0.692. The number of halogens is 1. The van der Waals surface area contributed by atoms with Gasteiger partial charge in [-0.25, -0.2) is 9.97 Å². The lowest BCUT2D eigenvalue weighted by Crippen LogP contribution is -2.44. The van der Waals surface area contributed by atoms with Gasteiger partial charge in [-0.15, -0.1) is 0 Å². The van der Waals surface area contributed by atoms with Crippen LogP contribution in [0.25, 0.3) is 0 Å². The maximum absolute atomic E-state index is 9.22. The molecule has 1 aromatic rings. The average molecular weight is 284 g/mol. The van der Waals surface area contributed by atoms with E-state index in [1.165, 1.54) is 0 Å². The Hall–Kier alpha value is -0.910. The van der Waals surface area contributed by atoms with Crippen LogP contribution in [0.15, 0.2) is 0 Å². The van der Waals surface area contributed by atoms with Gasteiger partial charge in [-0.1, -0.05) is 11.6 Å². The summed E-state index contributed by atoms with van der Waals surface area (Å²) in [6.45, 7) is 4.00. The Morgan fingerprint density at radius 2 is 2.21 bits per heavy atom. The summed E-state index contributed by atoms with van der Waals surface area (Å²) in [7, 11) is 0. The molecule has 2 fully saturated rings. The molecule has 3 rings (SSSR count). The van der Waals surface area contributed by atoms with Crippen LogP contribution in [-0.4, -0.2) is 47.5 Å². The molecule has 1 aromatic heterocycles. The zero-order valence-electron chi connectivity index (χ0n) is 11.0. The van der Waals surface area contributed by atoms with E-state index in [2.05, 4.69) is 14.9 Å². The van der Waals surface area contributed by atoms with Gasteiger partial charge in [-0.05, 0) is 19.8 Å². The third-order valence-corrected chi connectivity index (χ3v) is 4.03. The number of aromatic nitrogens is 2. The number of ether oxygens (including phenoxy) is 1. The van der Waals surface area contributed by atoms with Gasteiger partial charge in [-0.2, -0.15) is 0 Å². The molecule has 2 aliphatic rings. The Bertz CT molecular complexity index is 479. The number of hydrogen-bond acceptors (Lipinski definition) is 5. The maximum Gasteiger partial charge on any atom is 0.137 e. The first kappa shape index (κ1) is 13.1. The van der Waals surface area contributed by atoms with Crippen LogP contribution in [0.4, 0.5) is 5.82 Å². The predicted octanol–water partition coefficient (Wildman–Crippen LogP) is 1.51. The highest BCUT2D eigenvalue weighted by molar-refractivity contribution is 6.30. The molecule has 1 saturated heterocycles. The van der Waals surface area contributed by atoms with Crippen molar-refractivity contribution in [2.45, 2.75) is 31.8 Å². The van der Waals surface area contributed by atoms with Crippen LogP contribution < -0.4 is 4.90 Å². The van der Waals surface area contributed by atoms with E-state index in [0.29, 0.717) is 24.2 Å². The molecule has 0 radical (unpaired) electrons. The summed E-state index contributed by atoms with van der Waals surface area (Å²) in [5.41, 5.74) is 0.907. The SMILES string of the molecule is Cc1c(Cl)nc(C2CC2)nc1N1CCOC(CO)C1. The molecule has 104 valence electrons. The van der Waals surface area contributed by atoms with Crippen molar-refractivity contribution in [3.05, 3.63) is 16.5 Å². The first-order valence-corrected chi connectivity index (χ1v) is 7.08. The summed E-state index contributed by atoms with van der Waals surface area (Å²) in [4.78, 5) is 11.2. The summed E-state index contributed by atoms with van der Waals surface area (Å²) in [6.07, 6.45) is 2.16. The van der Waals surface area contributed by atoms with E-state index in [1.54, 1.807) is 0 Å². The monoisotopic (exact) mass is 283 g/mol. The van der Waals surface area contributed by atoms with Crippen molar-refractivity contribution in [3.63, 3.8) is 0 Å². The highest BCUT2D eigenvalue weighted by Gasteiger charge is 2.30. The van der Waals surface area contributed by atoms with Crippen molar-refractivity contribution in [2.24, 2.45) is 0 Å². The molecule has 1 aliphatic heterocycles. The molecule has 0 bridgehead atoms. The van der Waals surface area contributed by atoms with Gasteiger partial charge in [0, 0.05) is 24.6 Å². The van der Waals surface area contributed by atoms with Crippen LogP contribution in [0.3, 0.4) is 0 Å². The fourth-order valence-electron chi connectivity index (χ4n) is 2.35. The molecule has 1 atom stereocenters. The molecule has 1 N–H and O–H groups in total. The molecular weight excluding hydrogens is 266 g/mol. The van der Waals surface area contributed by atoms with Crippen molar-refractivity contribution in [2.75, 3.05) is 31.2 Å². The van der Waals surface area contributed by atoms with Gasteiger partial charge in [0.25, 0.3) is 0 Å². The van der Waals surface area contributed by atoms with E-state index < -0.39 is 0 Å². The van der Waals surface area contributed by atoms with Crippen molar-refractivity contribution in [3.8, 4) is 0 Å². The van der Waals surface area contributed by atoms with Crippen LogP contribution in [0.5, 0.6) is 0 Å². The Morgan fingerprint density at radius 3 is 2.89 bits per heavy atom. The third kappa shape index (κ3) is 2.68. The molecule has 1 unspecified atom stereocenters. The lowest BCUT2D eigenvalue weighted by atomic mass is 10.2. The first-order chi connectivity index (χ1) is 9.19. The minimum Gasteiger partial charge on any atom is -0.394 e. The van der Waals surface area contributed by atoms with Crippen molar-refractivity contribution in [1.29, 1.82) is 0 Å². The number of aliphatic hydroxyl groups excluding tert-OH is 1. The van der Waals surface area contributed by atoms with E-state index in [0.717, 1.165) is 36.6 Å². The molecule has 0 aromatic carbocycles. The van der Waals surface area contributed by atoms with Gasteiger partial charge in [0.2, 0.25) is 0 Å². The molecule has 2 heterocycles. The predicted molar refractivity (Wildman–Crippen MR) is 72.8 cm³/mol. The zero-order chi connectivity index (χ0) is 13.4. The lowest BCUT2D eigenvalue weighted by molar-refractivity contribution is 0.00331. The summed E-state index contributed by atoms with van der Waals surface area (Å²) in [6, 6.07) is 0. The van der Waals surface area contributed by atoms with Crippen molar-refractivity contribution in [1.82, 2.24) is 9.97 Å². The minimum absolute atomic E-state index is 0.0316. The standard InChI is InChI=1S/C13H18ClN3O2/c1-8-11(14)15-12(9-2-3-9)16-13(8)17-4-5-19-10(6-17)7-18/h9-10,18H,2-7H2,1H3. The average Bonchev–Trinajstić information content (AvgIpc) is 3.26. The zero-order valence-corrected chi connectivity index (χ0v) is 11.7. The van der Waals surface area contributed by atoms with E-state index in [1.807, 2.05) is 6.92 Å². The van der Waals surface area contributed by atoms with Crippen molar-refractivity contribution >= 4 is 17.4 Å². The molecule has 0 spiro atoms. The van der Waals surface area contributed by atoms with Crippen LogP contribution >= 0.6 is 11.6 Å². The Morgan fingerprint density at radius 1 is 1.42 bits per heavy atom. The smallest absolute Gasteiger partial charge is 0.137 e. The van der Waals surface area contributed by atoms with Crippen LogP contribution in [0.1, 0.15) is 30.1 Å². The number of hydrogen-bond donors (Lipinski definition) is 1. The number of aliphatic hydroxyl groups is 1. The fourth-order valence-corrected chi connectivity index (χ4v) is 2.52. The van der Waals surface area contributed by atoms with E-state index in [-0.39, 0.29) is 12.7 Å². The molecule has 5 nitrogen and oxygen atoms in total. The second-order valence-corrected chi connectivity index (χ2v) is 5.57. The molecule has 0 amide bonds. The Balaban J connectivity index is 1.89. The Labute approximate surface area is 117 Å². The number of anilines is 1. The van der Waals surface area contributed by atoms with Crippen LogP contribution in [0, 0.1) is 6.92 Å². The molecule has 19 heavy (non-hydrogen) atoms. The highest BCUT2D eigenvalue weighted by Crippen LogP contribution is 2.40. The third-order valence-electron chi connectivity index (χ3n) is 3.66. The number of rotatable bonds is 3. The molecular formula is C13H18ClN3O2. The van der Waals surface area contributed by atoms with Crippen molar-refractivity contribution < 1.29 is 9.84 Å². The van der Waals surface area contributed by atoms with E-state index in [9.17, 15) is 5.11 Å². The van der Waals surface area contributed by atoms with Gasteiger partial charge in [0.1, 0.15) is 16.8 Å². The second-order valence-electron chi connectivity index (χ2n) is 5.22. The largest absolute Gasteiger partial charge is 0.394 e. The highest BCUT2D eigenvalue weighted by atomic mass is 35.5. The lowest BCUT2D eigenvalue weighted by Gasteiger charge is -2.33. The number of nitrogens with zero attached hydrogens (tertiary/aromatic N) is 3.